The number of benzene rings is 1. The number of aliphatic hydroxyl groups excluding tert-OH is 1. The van der Waals surface area contributed by atoms with Gasteiger partial charge < -0.3 is 14.5 Å². The van der Waals surface area contributed by atoms with Gasteiger partial charge in [-0.2, -0.15) is 18.4 Å². The van der Waals surface area contributed by atoms with Crippen LogP contribution in [0.3, 0.4) is 0 Å². The molecule has 1 saturated heterocycles. The van der Waals surface area contributed by atoms with Crippen LogP contribution in [0.25, 0.3) is 0 Å². The van der Waals surface area contributed by atoms with Crippen LogP contribution in [0.15, 0.2) is 34.9 Å². The molecule has 6 nitrogen and oxygen atoms in total. The summed E-state index contributed by atoms with van der Waals surface area (Å²) in [5, 5.41) is 22.4. The van der Waals surface area contributed by atoms with Crippen molar-refractivity contribution in [2.24, 2.45) is 0 Å². The van der Waals surface area contributed by atoms with Crippen molar-refractivity contribution in [2.45, 2.75) is 62.3 Å². The van der Waals surface area contributed by atoms with Gasteiger partial charge in [0.2, 0.25) is 0 Å². The smallest absolute Gasteiger partial charge is 0.378 e. The average Bonchev–Trinajstić information content (AvgIpc) is 3.40. The second-order valence-corrected chi connectivity index (χ2v) is 8.42. The number of aromatic nitrogens is 1. The van der Waals surface area contributed by atoms with Crippen molar-refractivity contribution in [2.75, 3.05) is 6.54 Å². The van der Waals surface area contributed by atoms with Gasteiger partial charge in [0.15, 0.2) is 6.10 Å². The number of halogens is 3. The fourth-order valence-corrected chi connectivity index (χ4v) is 4.22. The predicted octanol–water partition coefficient (Wildman–Crippen LogP) is 4.23. The van der Waals surface area contributed by atoms with E-state index < -0.39 is 23.4 Å². The van der Waals surface area contributed by atoms with Crippen LogP contribution >= 0.6 is 0 Å². The SMILES string of the molecule is C[C@@H]1CC[C@@H](c2cc([C@@H](O)C(F)(F)F)no2)CN1C(=O)c1ccccc1C1(C#N)CC1. The Morgan fingerprint density at radius 2 is 2.06 bits per heavy atom. The molecular weight excluding hydrogens is 411 g/mol. The lowest BCUT2D eigenvalue weighted by Crippen LogP contribution is -2.45. The van der Waals surface area contributed by atoms with E-state index in [0.717, 1.165) is 11.6 Å². The number of carbonyl (C=O) groups excluding carboxylic acids is 1. The first-order valence-electron chi connectivity index (χ1n) is 10.2. The molecule has 2 fully saturated rings. The number of alkyl halides is 3. The molecule has 31 heavy (non-hydrogen) atoms. The van der Waals surface area contributed by atoms with E-state index in [1.165, 1.54) is 0 Å². The molecule has 1 aliphatic carbocycles. The molecule has 9 heteroatoms. The van der Waals surface area contributed by atoms with Gasteiger partial charge >= 0.3 is 6.18 Å². The summed E-state index contributed by atoms with van der Waals surface area (Å²) in [6.07, 6.45) is -4.85. The molecule has 0 radical (unpaired) electrons. The Balaban J connectivity index is 1.57. The van der Waals surface area contributed by atoms with E-state index in [-0.39, 0.29) is 30.2 Å². The van der Waals surface area contributed by atoms with Gasteiger partial charge in [-0.05, 0) is 44.2 Å². The molecule has 0 bridgehead atoms. The van der Waals surface area contributed by atoms with Crippen molar-refractivity contribution >= 4 is 5.91 Å². The van der Waals surface area contributed by atoms with E-state index in [0.29, 0.717) is 31.2 Å². The summed E-state index contributed by atoms with van der Waals surface area (Å²) in [6, 6.07) is 10.5. The van der Waals surface area contributed by atoms with Gasteiger partial charge in [-0.25, -0.2) is 0 Å². The normalized spacial score (nSPS) is 23.8. The van der Waals surface area contributed by atoms with E-state index in [2.05, 4.69) is 11.2 Å². The van der Waals surface area contributed by atoms with Crippen LogP contribution in [0.5, 0.6) is 0 Å². The van der Waals surface area contributed by atoms with E-state index in [4.69, 9.17) is 4.52 Å². The number of hydrogen-bond acceptors (Lipinski definition) is 5. The Hall–Kier alpha value is -2.86. The molecule has 1 aliphatic heterocycles. The van der Waals surface area contributed by atoms with Crippen molar-refractivity contribution in [3.63, 3.8) is 0 Å². The standard InChI is InChI=1S/C22H22F3N3O3/c1-13-6-7-14(18-10-17(27-31-18)19(29)22(23,24)25)11-28(13)20(30)15-4-2-3-5-16(15)21(12-26)8-9-21/h2-5,10,13-14,19,29H,6-9,11H2,1H3/t13-,14-,19-/m1/s1. The van der Waals surface area contributed by atoms with E-state index in [9.17, 15) is 28.3 Å². The number of rotatable bonds is 4. The van der Waals surface area contributed by atoms with Crippen LogP contribution in [-0.4, -0.2) is 39.8 Å². The quantitative estimate of drug-likeness (QED) is 0.779. The lowest BCUT2D eigenvalue weighted by Gasteiger charge is -2.37. The molecule has 1 aromatic carbocycles. The molecule has 1 N–H and O–H groups in total. The van der Waals surface area contributed by atoms with E-state index in [1.54, 1.807) is 17.0 Å². The van der Waals surface area contributed by atoms with Crippen LogP contribution in [0.2, 0.25) is 0 Å². The molecule has 4 rings (SSSR count). The van der Waals surface area contributed by atoms with Gasteiger partial charge in [0, 0.05) is 30.1 Å². The molecule has 1 amide bonds. The van der Waals surface area contributed by atoms with Gasteiger partial charge in [0.1, 0.15) is 11.5 Å². The summed E-state index contributed by atoms with van der Waals surface area (Å²) in [5.41, 5.74) is 0.0130. The van der Waals surface area contributed by atoms with Crippen LogP contribution in [0.1, 0.15) is 72.0 Å². The first kappa shape index (κ1) is 21.4. The number of carbonyl (C=O) groups is 1. The first-order chi connectivity index (χ1) is 14.7. The van der Waals surface area contributed by atoms with Crippen molar-refractivity contribution in [3.8, 4) is 6.07 Å². The third-order valence-electron chi connectivity index (χ3n) is 6.32. The molecule has 0 unspecified atom stereocenters. The van der Waals surface area contributed by atoms with Crippen molar-refractivity contribution in [1.82, 2.24) is 10.1 Å². The molecular formula is C22H22F3N3O3. The summed E-state index contributed by atoms with van der Waals surface area (Å²) in [7, 11) is 0. The molecule has 164 valence electrons. The van der Waals surface area contributed by atoms with Gasteiger partial charge in [0.25, 0.3) is 5.91 Å². The molecule has 0 spiro atoms. The van der Waals surface area contributed by atoms with Crippen LogP contribution in [0.4, 0.5) is 13.2 Å². The summed E-state index contributed by atoms with van der Waals surface area (Å²) in [5.74, 6) is -0.323. The Kier molecular flexibility index (Phi) is 5.30. The molecule has 1 saturated carbocycles. The average molecular weight is 433 g/mol. The largest absolute Gasteiger partial charge is 0.420 e. The van der Waals surface area contributed by atoms with E-state index >= 15 is 0 Å². The Morgan fingerprint density at radius 3 is 2.71 bits per heavy atom. The topological polar surface area (TPSA) is 90.4 Å². The third-order valence-corrected chi connectivity index (χ3v) is 6.32. The van der Waals surface area contributed by atoms with Gasteiger partial charge in [-0.3, -0.25) is 4.79 Å². The summed E-state index contributed by atoms with van der Waals surface area (Å²) in [4.78, 5) is 15.1. The summed E-state index contributed by atoms with van der Waals surface area (Å²) < 4.78 is 43.4. The van der Waals surface area contributed by atoms with Gasteiger partial charge in [0.05, 0.1) is 11.5 Å². The first-order valence-corrected chi connectivity index (χ1v) is 10.2. The van der Waals surface area contributed by atoms with Crippen LogP contribution in [0, 0.1) is 11.3 Å². The van der Waals surface area contributed by atoms with Gasteiger partial charge in [-0.1, -0.05) is 23.4 Å². The summed E-state index contributed by atoms with van der Waals surface area (Å²) in [6.45, 7) is 2.18. The number of likely N-dealkylation sites (tertiary alicyclic amines) is 1. The highest BCUT2D eigenvalue weighted by Gasteiger charge is 2.47. The molecule has 1 aromatic heterocycles. The Labute approximate surface area is 177 Å². The Morgan fingerprint density at radius 1 is 1.35 bits per heavy atom. The monoisotopic (exact) mass is 433 g/mol. The highest BCUT2D eigenvalue weighted by Crippen LogP contribution is 2.49. The fraction of sp³-hybridized carbons (Fsp3) is 0.500. The maximum atomic E-state index is 13.4. The highest BCUT2D eigenvalue weighted by atomic mass is 19.4. The van der Waals surface area contributed by atoms with Crippen LogP contribution < -0.4 is 0 Å². The summed E-state index contributed by atoms with van der Waals surface area (Å²) >= 11 is 0. The second kappa shape index (κ2) is 7.68. The number of hydrogen-bond donors (Lipinski definition) is 1. The van der Waals surface area contributed by atoms with Gasteiger partial charge in [-0.15, -0.1) is 0 Å². The number of aliphatic hydroxyl groups is 1. The highest BCUT2D eigenvalue weighted by molar-refractivity contribution is 5.96. The lowest BCUT2D eigenvalue weighted by atomic mass is 9.88. The molecule has 2 aliphatic rings. The minimum absolute atomic E-state index is 0.0720. The maximum Gasteiger partial charge on any atom is 0.420 e. The molecule has 2 aromatic rings. The van der Waals surface area contributed by atoms with E-state index in [1.807, 2.05) is 19.1 Å². The number of nitriles is 1. The maximum absolute atomic E-state index is 13.4. The zero-order chi connectivity index (χ0) is 22.4. The van der Waals surface area contributed by atoms with Crippen molar-refractivity contribution < 1.29 is 27.6 Å². The molecule has 3 atom stereocenters. The zero-order valence-corrected chi connectivity index (χ0v) is 16.9. The van der Waals surface area contributed by atoms with Crippen molar-refractivity contribution in [1.29, 1.82) is 5.26 Å². The lowest BCUT2D eigenvalue weighted by molar-refractivity contribution is -0.208. The minimum atomic E-state index is -4.83. The Bertz CT molecular complexity index is 1020. The zero-order valence-electron chi connectivity index (χ0n) is 16.9. The second-order valence-electron chi connectivity index (χ2n) is 8.42. The number of piperidine rings is 1. The third kappa shape index (κ3) is 3.92. The van der Waals surface area contributed by atoms with Crippen LogP contribution in [-0.2, 0) is 5.41 Å². The van der Waals surface area contributed by atoms with Crippen molar-refractivity contribution in [3.05, 3.63) is 52.9 Å². The minimum Gasteiger partial charge on any atom is -0.378 e. The number of amides is 1. The molecule has 2 heterocycles. The number of nitrogens with zero attached hydrogens (tertiary/aromatic N) is 3. The predicted molar refractivity (Wildman–Crippen MR) is 103 cm³/mol. The fourth-order valence-electron chi connectivity index (χ4n) is 4.22.